The number of rotatable bonds is 13. The van der Waals surface area contributed by atoms with Crippen molar-refractivity contribution < 1.29 is 0 Å². The summed E-state index contributed by atoms with van der Waals surface area (Å²) in [5.74, 6) is 6.80. The minimum atomic E-state index is 0.108. The zero-order valence-corrected chi connectivity index (χ0v) is 82.4. The number of hydrogen-bond donors (Lipinski definition) is 0. The van der Waals surface area contributed by atoms with E-state index >= 15 is 0 Å². The van der Waals surface area contributed by atoms with Crippen LogP contribution >= 0.6 is 0 Å². The highest BCUT2D eigenvalue weighted by molar-refractivity contribution is 5.90. The van der Waals surface area contributed by atoms with E-state index in [0.717, 1.165) is 0 Å². The molecule has 0 fully saturated rings. The summed E-state index contributed by atoms with van der Waals surface area (Å²) in [5, 5.41) is 0. The van der Waals surface area contributed by atoms with E-state index < -0.39 is 0 Å². The van der Waals surface area contributed by atoms with Crippen LogP contribution in [-0.2, 0) is 27.1 Å². The van der Waals surface area contributed by atoms with Crippen molar-refractivity contribution in [2.24, 2.45) is 0 Å². The Morgan fingerprint density at radius 3 is 0.886 bits per heavy atom. The van der Waals surface area contributed by atoms with Gasteiger partial charge in [0.25, 0.3) is 0 Å². The second-order valence-electron chi connectivity index (χ2n) is 43.0. The Labute approximate surface area is 748 Å². The highest BCUT2D eigenvalue weighted by Crippen LogP contribution is 2.59. The topological polar surface area (TPSA) is 0 Å². The van der Waals surface area contributed by atoms with E-state index in [-0.39, 0.29) is 27.1 Å². The molecule has 5 aliphatic carbocycles. The molecule has 0 heteroatoms. The molecule has 0 bridgehead atoms. The maximum absolute atomic E-state index is 2.43. The first-order chi connectivity index (χ1) is 57.8. The molecule has 0 spiro atoms. The SMILES string of the molecule is CC(C)c1ccc(-c2ccccc2C(C)C)cc1.CC(C)c1ccc(C(C)C)c2c1-c1ccccc1C2(C)C.CC(C)c1ccc2c(c1)-c1c(C(C)C)cccc1C2(C)C.CC(C)c1ccc2c(c1)C(C)(C)c1cccc(C(C)C)c1-2.CC(C)c1cccc2c1-c1c(C(C)C)cccc1C2(C)C.CC(C)c1cccc2c1-c1cccc(C(C)C)c1C2(C)C. The largest absolute Gasteiger partial charge is 0.0619 e. The van der Waals surface area contributed by atoms with Crippen molar-refractivity contribution in [1.29, 1.82) is 0 Å². The fourth-order valence-corrected chi connectivity index (χ4v) is 21.4. The van der Waals surface area contributed by atoms with Crippen LogP contribution in [0.5, 0.6) is 0 Å². The Hall–Kier alpha value is -9.36. The summed E-state index contributed by atoms with van der Waals surface area (Å²) < 4.78 is 0. The maximum atomic E-state index is 2.43. The van der Waals surface area contributed by atoms with Crippen LogP contribution < -0.4 is 0 Å². The van der Waals surface area contributed by atoms with E-state index in [1.54, 1.807) is 11.1 Å². The fourth-order valence-electron chi connectivity index (χ4n) is 21.4. The smallest absolute Gasteiger partial charge is 0.0161 e. The molecule has 17 rings (SSSR count). The second-order valence-corrected chi connectivity index (χ2v) is 43.0. The van der Waals surface area contributed by atoms with Crippen LogP contribution in [0.2, 0.25) is 0 Å². The van der Waals surface area contributed by atoms with E-state index in [1.165, 1.54) is 178 Å². The molecular weight excluding hydrogens is 1480 g/mol. The summed E-state index contributed by atoms with van der Waals surface area (Å²) in [6.45, 7) is 78.6. The molecule has 123 heavy (non-hydrogen) atoms. The predicted octanol–water partition coefficient (Wildman–Crippen LogP) is 36.8. The molecule has 0 heterocycles. The van der Waals surface area contributed by atoms with Crippen molar-refractivity contribution in [1.82, 2.24) is 0 Å². The molecule has 0 saturated heterocycles. The monoisotopic (exact) mass is 1630 g/mol. The lowest BCUT2D eigenvalue weighted by atomic mass is 9.77. The Balaban J connectivity index is 0.000000135. The van der Waals surface area contributed by atoms with Crippen molar-refractivity contribution in [2.45, 2.75) is 333 Å². The summed E-state index contributed by atoms with van der Waals surface area (Å²) in [6, 6.07) is 86.7. The van der Waals surface area contributed by atoms with Crippen LogP contribution in [0.25, 0.3) is 66.8 Å². The number of hydrogen-bond acceptors (Lipinski definition) is 0. The Morgan fingerprint density at radius 1 is 0.154 bits per heavy atom. The van der Waals surface area contributed by atoms with Gasteiger partial charge in [0, 0.05) is 27.1 Å². The van der Waals surface area contributed by atoms with Crippen LogP contribution in [0.1, 0.15) is 429 Å². The quantitative estimate of drug-likeness (QED) is 0.108. The normalized spacial score (nSPS) is 14.8. The van der Waals surface area contributed by atoms with E-state index in [0.29, 0.717) is 71.0 Å². The highest BCUT2D eigenvalue weighted by Gasteiger charge is 2.44. The predicted molar refractivity (Wildman–Crippen MR) is 541 cm³/mol. The summed E-state index contributed by atoms with van der Waals surface area (Å²) in [4.78, 5) is 0. The van der Waals surface area contributed by atoms with Gasteiger partial charge in [-0.2, -0.15) is 0 Å². The van der Waals surface area contributed by atoms with Crippen LogP contribution in [0, 0.1) is 0 Å². The molecule has 5 aliphatic rings. The van der Waals surface area contributed by atoms with Gasteiger partial charge in [-0.05, 0) is 260 Å². The lowest BCUT2D eigenvalue weighted by molar-refractivity contribution is 0.641. The van der Waals surface area contributed by atoms with Gasteiger partial charge in [0.1, 0.15) is 0 Å². The zero-order chi connectivity index (χ0) is 89.9. The first kappa shape index (κ1) is 92.8. The molecule has 0 saturated carbocycles. The molecule has 0 N–H and O–H groups in total. The molecule has 0 atom stereocenters. The molecule has 0 nitrogen and oxygen atoms in total. The van der Waals surface area contributed by atoms with Gasteiger partial charge in [0.05, 0.1) is 0 Å². The molecule has 0 radical (unpaired) electrons. The van der Waals surface area contributed by atoms with Gasteiger partial charge >= 0.3 is 0 Å². The third-order valence-corrected chi connectivity index (χ3v) is 28.6. The van der Waals surface area contributed by atoms with E-state index in [2.05, 4.69) is 466 Å². The fraction of sp³-hybridized carbons (Fsp3) is 0.415. The molecule has 12 aromatic rings. The zero-order valence-electron chi connectivity index (χ0n) is 82.4. The maximum Gasteiger partial charge on any atom is 0.0161 e. The molecule has 0 aromatic heterocycles. The average molecular weight is 1630 g/mol. The van der Waals surface area contributed by atoms with Crippen molar-refractivity contribution in [3.63, 3.8) is 0 Å². The molecular formula is C123H152. The summed E-state index contributed by atoms with van der Waals surface area (Å²) in [6.07, 6.45) is 0. The Morgan fingerprint density at radius 2 is 0.431 bits per heavy atom. The number of benzene rings is 12. The van der Waals surface area contributed by atoms with Gasteiger partial charge < -0.3 is 0 Å². The van der Waals surface area contributed by atoms with E-state index in [4.69, 9.17) is 0 Å². The Kier molecular flexibility index (Phi) is 27.4. The summed E-state index contributed by atoms with van der Waals surface area (Å²) in [7, 11) is 0. The van der Waals surface area contributed by atoms with Gasteiger partial charge in [-0.25, -0.2) is 0 Å². The minimum absolute atomic E-state index is 0.108. The average Bonchev–Trinajstić information content (AvgIpc) is 1.52. The lowest BCUT2D eigenvalue weighted by Gasteiger charge is -2.27. The first-order valence-corrected chi connectivity index (χ1v) is 47.4. The van der Waals surface area contributed by atoms with Gasteiger partial charge in [0.15, 0.2) is 0 Å². The van der Waals surface area contributed by atoms with Crippen LogP contribution in [0.15, 0.2) is 231 Å². The van der Waals surface area contributed by atoms with Crippen molar-refractivity contribution in [3.05, 3.63) is 353 Å². The van der Waals surface area contributed by atoms with E-state index in [9.17, 15) is 0 Å². The second kappa shape index (κ2) is 36.3. The van der Waals surface area contributed by atoms with Crippen LogP contribution in [0.3, 0.4) is 0 Å². The summed E-state index contributed by atoms with van der Waals surface area (Å²) >= 11 is 0. The third-order valence-electron chi connectivity index (χ3n) is 28.6. The van der Waals surface area contributed by atoms with Gasteiger partial charge in [-0.1, -0.05) is 466 Å². The van der Waals surface area contributed by atoms with E-state index in [1.807, 2.05) is 0 Å². The molecule has 0 unspecified atom stereocenters. The van der Waals surface area contributed by atoms with Crippen LogP contribution in [0.4, 0.5) is 0 Å². The molecule has 644 valence electrons. The molecule has 0 aliphatic heterocycles. The lowest BCUT2D eigenvalue weighted by Crippen LogP contribution is -2.18. The van der Waals surface area contributed by atoms with Gasteiger partial charge in [0.2, 0.25) is 0 Å². The standard InChI is InChI=1S/5C21H26.C18H22/c1-13(2)15-9-8-12-18-19(15)17-11-7-10-16(14(3)4)20(17)21(18,5)6;1-13(2)15-9-7-11-17-19(15)20-16(14(3)4)10-8-12-18(20)21(17,5)6;1-13(2)15-10-11-18-17(12-15)20-16(14(3)4)8-7-9-19(20)21(18,5)6;1-13(2)15-10-11-17-19(12-15)21(5,6)18-9-7-8-16(14(3)4)20(17)18;1-13(2)15-11-12-16(14(3)4)20-19(15)17-9-7-8-10-18(17)21(20,5)6;1-13(2)15-9-11-16(12-10-15)18-8-6-5-7-17(18)14(3)4/h5*7-14H,1-6H3;5-14H,1-4H3. The molecule has 0 amide bonds. The van der Waals surface area contributed by atoms with Gasteiger partial charge in [-0.3, -0.25) is 0 Å². The summed E-state index contributed by atoms with van der Waals surface area (Å²) in [5.41, 5.74) is 50.8. The van der Waals surface area contributed by atoms with Crippen molar-refractivity contribution in [3.8, 4) is 66.8 Å². The molecule has 12 aromatic carbocycles. The third kappa shape index (κ3) is 17.4. The van der Waals surface area contributed by atoms with Crippen LogP contribution in [-0.4, -0.2) is 0 Å². The van der Waals surface area contributed by atoms with Gasteiger partial charge in [-0.15, -0.1) is 0 Å². The number of fused-ring (bicyclic) bond motifs is 15. The minimum Gasteiger partial charge on any atom is -0.0619 e. The first-order valence-electron chi connectivity index (χ1n) is 47.4. The van der Waals surface area contributed by atoms with Crippen molar-refractivity contribution in [2.75, 3.05) is 0 Å². The highest BCUT2D eigenvalue weighted by atomic mass is 14.5. The Bertz CT molecular complexity index is 5690. The van der Waals surface area contributed by atoms with Crippen molar-refractivity contribution >= 4 is 0 Å².